The third-order valence-corrected chi connectivity index (χ3v) is 2.89. The average Bonchev–Trinajstić information content (AvgIpc) is 2.37. The molecule has 102 valence electrons. The Morgan fingerprint density at radius 3 is 2.56 bits per heavy atom. The monoisotopic (exact) mass is 250 g/mol. The number of aromatic nitrogens is 2. The molecule has 1 aromatic heterocycles. The van der Waals surface area contributed by atoms with Crippen LogP contribution in [0.4, 0.5) is 5.82 Å². The zero-order valence-corrected chi connectivity index (χ0v) is 12.1. The van der Waals surface area contributed by atoms with E-state index < -0.39 is 0 Å². The fourth-order valence-corrected chi connectivity index (χ4v) is 1.67. The summed E-state index contributed by atoms with van der Waals surface area (Å²) in [7, 11) is 2.08. The first kappa shape index (κ1) is 14.9. The predicted molar refractivity (Wildman–Crippen MR) is 76.8 cm³/mol. The molecule has 0 bridgehead atoms. The van der Waals surface area contributed by atoms with Crippen molar-refractivity contribution in [3.05, 3.63) is 17.8 Å². The fourth-order valence-electron chi connectivity index (χ4n) is 1.67. The lowest BCUT2D eigenvalue weighted by molar-refractivity contribution is 0.577. The standard InChI is InChI=1S/C14H26N4/c1-5-6-7-10-18(4)14-9-8-13(16-17-14)11-15-12(2)3/h8-9,12,15H,5-7,10-11H2,1-4H3. The summed E-state index contributed by atoms with van der Waals surface area (Å²) in [6.07, 6.45) is 3.73. The highest BCUT2D eigenvalue weighted by molar-refractivity contribution is 5.35. The van der Waals surface area contributed by atoms with E-state index in [9.17, 15) is 0 Å². The first-order valence-corrected chi connectivity index (χ1v) is 6.90. The summed E-state index contributed by atoms with van der Waals surface area (Å²) >= 11 is 0. The molecule has 0 spiro atoms. The maximum atomic E-state index is 4.27. The van der Waals surface area contributed by atoms with Crippen LogP contribution in [0, 0.1) is 0 Å². The van der Waals surface area contributed by atoms with Crippen molar-refractivity contribution in [1.29, 1.82) is 0 Å². The molecule has 0 unspecified atom stereocenters. The Bertz CT molecular complexity index is 321. The quantitative estimate of drug-likeness (QED) is 0.720. The molecule has 1 aromatic rings. The maximum absolute atomic E-state index is 4.27. The van der Waals surface area contributed by atoms with Crippen molar-refractivity contribution < 1.29 is 0 Å². The van der Waals surface area contributed by atoms with E-state index in [-0.39, 0.29) is 0 Å². The number of hydrogen-bond acceptors (Lipinski definition) is 4. The van der Waals surface area contributed by atoms with Crippen LogP contribution in [-0.4, -0.2) is 29.8 Å². The van der Waals surface area contributed by atoms with Crippen molar-refractivity contribution in [3.8, 4) is 0 Å². The second-order valence-electron chi connectivity index (χ2n) is 5.05. The second kappa shape index (κ2) is 8.03. The van der Waals surface area contributed by atoms with Crippen LogP contribution in [0.2, 0.25) is 0 Å². The van der Waals surface area contributed by atoms with E-state index in [2.05, 4.69) is 54.3 Å². The van der Waals surface area contributed by atoms with Gasteiger partial charge in [0.05, 0.1) is 5.69 Å². The minimum atomic E-state index is 0.475. The Morgan fingerprint density at radius 2 is 2.00 bits per heavy atom. The van der Waals surface area contributed by atoms with Crippen LogP contribution in [-0.2, 0) is 6.54 Å². The van der Waals surface area contributed by atoms with Crippen LogP contribution in [0.3, 0.4) is 0 Å². The summed E-state index contributed by atoms with van der Waals surface area (Å²) in [5.74, 6) is 0.958. The fraction of sp³-hybridized carbons (Fsp3) is 0.714. The van der Waals surface area contributed by atoms with E-state index in [0.717, 1.165) is 24.6 Å². The molecule has 0 fully saturated rings. The Labute approximate surface area is 111 Å². The first-order valence-electron chi connectivity index (χ1n) is 6.90. The Hall–Kier alpha value is -1.16. The molecule has 0 aliphatic carbocycles. The SMILES string of the molecule is CCCCCN(C)c1ccc(CNC(C)C)nn1. The highest BCUT2D eigenvalue weighted by Crippen LogP contribution is 2.09. The number of nitrogens with one attached hydrogen (secondary N) is 1. The highest BCUT2D eigenvalue weighted by atomic mass is 15.2. The molecule has 0 atom stereocenters. The lowest BCUT2D eigenvalue weighted by Crippen LogP contribution is -2.23. The smallest absolute Gasteiger partial charge is 0.150 e. The number of hydrogen-bond donors (Lipinski definition) is 1. The Balaban J connectivity index is 2.43. The van der Waals surface area contributed by atoms with E-state index >= 15 is 0 Å². The molecular weight excluding hydrogens is 224 g/mol. The minimum absolute atomic E-state index is 0.475. The first-order chi connectivity index (χ1) is 8.63. The molecule has 4 heteroatoms. The van der Waals surface area contributed by atoms with Crippen molar-refractivity contribution >= 4 is 5.82 Å². The van der Waals surface area contributed by atoms with Crippen LogP contribution < -0.4 is 10.2 Å². The van der Waals surface area contributed by atoms with Crippen molar-refractivity contribution in [2.75, 3.05) is 18.5 Å². The number of rotatable bonds is 8. The van der Waals surface area contributed by atoms with Gasteiger partial charge in [-0.2, -0.15) is 5.10 Å². The summed E-state index contributed by atoms with van der Waals surface area (Å²) in [6, 6.07) is 4.58. The van der Waals surface area contributed by atoms with Gasteiger partial charge in [-0.1, -0.05) is 33.6 Å². The zero-order chi connectivity index (χ0) is 13.4. The Kier molecular flexibility index (Phi) is 6.65. The van der Waals surface area contributed by atoms with Gasteiger partial charge in [0.15, 0.2) is 5.82 Å². The van der Waals surface area contributed by atoms with E-state index in [1.807, 2.05) is 6.07 Å². The molecule has 0 saturated heterocycles. The van der Waals surface area contributed by atoms with E-state index in [1.165, 1.54) is 19.3 Å². The van der Waals surface area contributed by atoms with Gasteiger partial charge in [0.2, 0.25) is 0 Å². The summed E-state index contributed by atoms with van der Waals surface area (Å²) in [4.78, 5) is 2.17. The predicted octanol–water partition coefficient (Wildman–Crippen LogP) is 2.60. The molecular formula is C14H26N4. The van der Waals surface area contributed by atoms with Crippen molar-refractivity contribution in [2.24, 2.45) is 0 Å². The normalized spacial score (nSPS) is 10.9. The largest absolute Gasteiger partial charge is 0.358 e. The molecule has 0 aliphatic heterocycles. The topological polar surface area (TPSA) is 41.0 Å². The number of unbranched alkanes of at least 4 members (excludes halogenated alkanes) is 2. The molecule has 0 aromatic carbocycles. The molecule has 0 radical (unpaired) electrons. The number of anilines is 1. The van der Waals surface area contributed by atoms with Gasteiger partial charge in [-0.25, -0.2) is 0 Å². The highest BCUT2D eigenvalue weighted by Gasteiger charge is 2.03. The van der Waals surface area contributed by atoms with Gasteiger partial charge in [-0.15, -0.1) is 5.10 Å². The lowest BCUT2D eigenvalue weighted by Gasteiger charge is -2.17. The van der Waals surface area contributed by atoms with Gasteiger partial charge >= 0.3 is 0 Å². The summed E-state index contributed by atoms with van der Waals surface area (Å²) < 4.78 is 0. The van der Waals surface area contributed by atoms with Gasteiger partial charge < -0.3 is 10.2 Å². The molecule has 0 amide bonds. The van der Waals surface area contributed by atoms with Crippen LogP contribution >= 0.6 is 0 Å². The zero-order valence-electron chi connectivity index (χ0n) is 12.1. The lowest BCUT2D eigenvalue weighted by atomic mass is 10.2. The van der Waals surface area contributed by atoms with Gasteiger partial charge in [0, 0.05) is 26.2 Å². The van der Waals surface area contributed by atoms with Crippen LogP contribution in [0.5, 0.6) is 0 Å². The molecule has 1 heterocycles. The third kappa shape index (κ3) is 5.45. The molecule has 1 rings (SSSR count). The van der Waals surface area contributed by atoms with E-state index in [0.29, 0.717) is 6.04 Å². The molecule has 1 N–H and O–H groups in total. The van der Waals surface area contributed by atoms with E-state index in [1.54, 1.807) is 0 Å². The van der Waals surface area contributed by atoms with Crippen molar-refractivity contribution in [1.82, 2.24) is 15.5 Å². The van der Waals surface area contributed by atoms with Crippen molar-refractivity contribution in [2.45, 2.75) is 52.6 Å². The van der Waals surface area contributed by atoms with Gasteiger partial charge in [0.1, 0.15) is 0 Å². The minimum Gasteiger partial charge on any atom is -0.358 e. The molecule has 18 heavy (non-hydrogen) atoms. The second-order valence-corrected chi connectivity index (χ2v) is 5.05. The number of nitrogens with zero attached hydrogens (tertiary/aromatic N) is 3. The van der Waals surface area contributed by atoms with E-state index in [4.69, 9.17) is 0 Å². The van der Waals surface area contributed by atoms with Crippen LogP contribution in [0.25, 0.3) is 0 Å². The average molecular weight is 250 g/mol. The van der Waals surface area contributed by atoms with Crippen LogP contribution in [0.1, 0.15) is 45.7 Å². The molecule has 4 nitrogen and oxygen atoms in total. The summed E-state index contributed by atoms with van der Waals surface area (Å²) in [5, 5.41) is 11.9. The van der Waals surface area contributed by atoms with Gasteiger partial charge in [0.25, 0.3) is 0 Å². The molecule has 0 aliphatic rings. The summed E-state index contributed by atoms with van der Waals surface area (Å²) in [6.45, 7) is 8.31. The Morgan fingerprint density at radius 1 is 1.22 bits per heavy atom. The van der Waals surface area contributed by atoms with Gasteiger partial charge in [-0.3, -0.25) is 0 Å². The maximum Gasteiger partial charge on any atom is 0.150 e. The summed E-state index contributed by atoms with van der Waals surface area (Å²) in [5.41, 5.74) is 0.995. The molecule has 0 saturated carbocycles. The van der Waals surface area contributed by atoms with Crippen LogP contribution in [0.15, 0.2) is 12.1 Å². The third-order valence-electron chi connectivity index (χ3n) is 2.89. The van der Waals surface area contributed by atoms with Crippen molar-refractivity contribution in [3.63, 3.8) is 0 Å². The van der Waals surface area contributed by atoms with Gasteiger partial charge in [-0.05, 0) is 18.6 Å².